The van der Waals surface area contributed by atoms with Crippen molar-refractivity contribution in [2.75, 3.05) is 5.32 Å². The Bertz CT molecular complexity index is 750. The van der Waals surface area contributed by atoms with Crippen LogP contribution < -0.4 is 15.6 Å². The molecule has 9 heteroatoms. The van der Waals surface area contributed by atoms with Crippen molar-refractivity contribution in [1.29, 1.82) is 0 Å². The molecule has 0 aliphatic heterocycles. The SMILES string of the molecule is CC(Sc1c(=O)o[nH][n+]1C)C(=O)Nc1ccc(C(=O)O)cc1. The number of nitrogens with one attached hydrogen (secondary N) is 2. The molecular formula is C13H14N3O5S+. The molecule has 0 bridgehead atoms. The lowest BCUT2D eigenvalue weighted by atomic mass is 10.2. The third-order valence-corrected chi connectivity index (χ3v) is 4.04. The molecule has 0 saturated heterocycles. The monoisotopic (exact) mass is 324 g/mol. The summed E-state index contributed by atoms with van der Waals surface area (Å²) >= 11 is 1.06. The number of anilines is 1. The predicted molar refractivity (Wildman–Crippen MR) is 77.9 cm³/mol. The molecule has 0 spiro atoms. The molecule has 3 N–H and O–H groups in total. The Kier molecular flexibility index (Phi) is 4.66. The molecule has 0 aliphatic carbocycles. The summed E-state index contributed by atoms with van der Waals surface area (Å²) < 4.78 is 5.99. The van der Waals surface area contributed by atoms with Gasteiger partial charge in [-0.2, -0.15) is 0 Å². The second-order valence-corrected chi connectivity index (χ2v) is 5.81. The van der Waals surface area contributed by atoms with Gasteiger partial charge in [-0.3, -0.25) is 9.32 Å². The van der Waals surface area contributed by atoms with E-state index in [-0.39, 0.29) is 16.5 Å². The number of carboxylic acid groups (broad SMARTS) is 1. The third kappa shape index (κ3) is 3.55. The lowest BCUT2D eigenvalue weighted by Gasteiger charge is -2.09. The Morgan fingerprint density at radius 1 is 1.36 bits per heavy atom. The molecule has 1 atom stereocenters. The van der Waals surface area contributed by atoms with Gasteiger partial charge in [-0.1, -0.05) is 4.68 Å². The van der Waals surface area contributed by atoms with E-state index < -0.39 is 16.8 Å². The summed E-state index contributed by atoms with van der Waals surface area (Å²) in [7, 11) is 1.60. The average Bonchev–Trinajstić information content (AvgIpc) is 2.79. The normalized spacial score (nSPS) is 11.9. The number of carboxylic acids is 1. The summed E-state index contributed by atoms with van der Waals surface area (Å²) in [5, 5.41) is 13.6. The molecule has 1 aromatic carbocycles. The number of carbonyl (C=O) groups is 2. The maximum atomic E-state index is 12.1. The number of benzene rings is 1. The lowest BCUT2D eigenvalue weighted by Crippen LogP contribution is -2.35. The minimum Gasteiger partial charge on any atom is -0.478 e. The van der Waals surface area contributed by atoms with Gasteiger partial charge in [0.1, 0.15) is 0 Å². The van der Waals surface area contributed by atoms with Crippen LogP contribution in [0.3, 0.4) is 0 Å². The number of amides is 1. The van der Waals surface area contributed by atoms with E-state index in [0.717, 1.165) is 11.8 Å². The van der Waals surface area contributed by atoms with Crippen LogP contribution in [0.2, 0.25) is 0 Å². The van der Waals surface area contributed by atoms with Gasteiger partial charge in [-0.05, 0) is 48.2 Å². The fourth-order valence-corrected chi connectivity index (χ4v) is 2.45. The van der Waals surface area contributed by atoms with E-state index in [0.29, 0.717) is 5.69 Å². The summed E-state index contributed by atoms with van der Waals surface area (Å²) in [6.07, 6.45) is 0. The highest BCUT2D eigenvalue weighted by Gasteiger charge is 2.25. The fraction of sp³-hybridized carbons (Fsp3) is 0.231. The van der Waals surface area contributed by atoms with Gasteiger partial charge in [0, 0.05) is 5.69 Å². The minimum atomic E-state index is -1.03. The molecule has 0 saturated carbocycles. The molecule has 8 nitrogen and oxygen atoms in total. The number of carbonyl (C=O) groups excluding carboxylic acids is 1. The molecule has 0 radical (unpaired) electrons. The Labute approximate surface area is 129 Å². The van der Waals surface area contributed by atoms with Gasteiger partial charge in [0.25, 0.3) is 0 Å². The van der Waals surface area contributed by atoms with Crippen LogP contribution in [0.5, 0.6) is 0 Å². The van der Waals surface area contributed by atoms with E-state index in [1.54, 1.807) is 14.0 Å². The zero-order valence-electron chi connectivity index (χ0n) is 11.8. The average molecular weight is 324 g/mol. The Morgan fingerprint density at radius 2 is 2.00 bits per heavy atom. The van der Waals surface area contributed by atoms with Crippen LogP contribution in [0.15, 0.2) is 38.6 Å². The quantitative estimate of drug-likeness (QED) is 0.548. The zero-order valence-corrected chi connectivity index (χ0v) is 12.6. The highest BCUT2D eigenvalue weighted by atomic mass is 32.2. The summed E-state index contributed by atoms with van der Waals surface area (Å²) in [5.74, 6) is -1.35. The smallest absolute Gasteiger partial charge is 0.441 e. The number of aryl methyl sites for hydroxylation is 1. The van der Waals surface area contributed by atoms with Crippen LogP contribution in [0, 0.1) is 0 Å². The molecule has 22 heavy (non-hydrogen) atoms. The van der Waals surface area contributed by atoms with E-state index in [9.17, 15) is 14.4 Å². The number of thioether (sulfide) groups is 1. The van der Waals surface area contributed by atoms with Crippen LogP contribution >= 0.6 is 11.8 Å². The largest absolute Gasteiger partial charge is 0.478 e. The van der Waals surface area contributed by atoms with E-state index in [1.165, 1.54) is 28.9 Å². The molecule has 1 amide bonds. The van der Waals surface area contributed by atoms with Gasteiger partial charge in [0.05, 0.1) is 10.8 Å². The first-order valence-corrected chi connectivity index (χ1v) is 7.15. The molecule has 0 fully saturated rings. The van der Waals surface area contributed by atoms with Crippen LogP contribution in [-0.2, 0) is 11.8 Å². The van der Waals surface area contributed by atoms with Crippen molar-refractivity contribution in [2.45, 2.75) is 17.2 Å². The Morgan fingerprint density at radius 3 is 2.50 bits per heavy atom. The highest BCUT2D eigenvalue weighted by molar-refractivity contribution is 8.00. The summed E-state index contributed by atoms with van der Waals surface area (Å²) in [6, 6.07) is 5.81. The third-order valence-electron chi connectivity index (χ3n) is 2.81. The van der Waals surface area contributed by atoms with Gasteiger partial charge in [0.2, 0.25) is 5.91 Å². The number of hydrogen-bond acceptors (Lipinski definition) is 5. The summed E-state index contributed by atoms with van der Waals surface area (Å²) in [4.78, 5) is 34.3. The number of nitrogens with zero attached hydrogens (tertiary/aromatic N) is 1. The number of aromatic amines is 1. The van der Waals surface area contributed by atoms with Crippen LogP contribution in [0.25, 0.3) is 0 Å². The van der Waals surface area contributed by atoms with Crippen LogP contribution in [0.1, 0.15) is 17.3 Å². The van der Waals surface area contributed by atoms with E-state index in [2.05, 4.69) is 15.1 Å². The maximum absolute atomic E-state index is 12.1. The van der Waals surface area contributed by atoms with Gasteiger partial charge >= 0.3 is 16.6 Å². The Hall–Kier alpha value is -2.55. The number of aromatic nitrogens is 2. The van der Waals surface area contributed by atoms with Crippen molar-refractivity contribution in [1.82, 2.24) is 5.27 Å². The predicted octanol–water partition coefficient (Wildman–Crippen LogP) is 0.610. The number of aromatic carboxylic acids is 1. The van der Waals surface area contributed by atoms with Crippen molar-refractivity contribution in [3.8, 4) is 0 Å². The Balaban J connectivity index is 2.02. The summed E-state index contributed by atoms with van der Waals surface area (Å²) in [6.45, 7) is 1.65. The second kappa shape index (κ2) is 6.48. The van der Waals surface area contributed by atoms with Gasteiger partial charge in [0.15, 0.2) is 7.05 Å². The molecular weight excluding hydrogens is 310 g/mol. The lowest BCUT2D eigenvalue weighted by molar-refractivity contribution is -0.772. The number of hydrogen-bond donors (Lipinski definition) is 3. The minimum absolute atomic E-state index is 0.136. The number of rotatable bonds is 5. The topological polar surface area (TPSA) is 116 Å². The van der Waals surface area contributed by atoms with Crippen LogP contribution in [-0.4, -0.2) is 27.5 Å². The van der Waals surface area contributed by atoms with Crippen molar-refractivity contribution >= 4 is 29.3 Å². The van der Waals surface area contributed by atoms with Gasteiger partial charge in [-0.25, -0.2) is 9.59 Å². The van der Waals surface area contributed by atoms with E-state index in [4.69, 9.17) is 5.11 Å². The van der Waals surface area contributed by atoms with Crippen molar-refractivity contribution in [3.05, 3.63) is 40.2 Å². The first-order chi connectivity index (χ1) is 10.4. The van der Waals surface area contributed by atoms with Crippen molar-refractivity contribution in [3.63, 3.8) is 0 Å². The van der Waals surface area contributed by atoms with E-state index >= 15 is 0 Å². The summed E-state index contributed by atoms with van der Waals surface area (Å²) in [5.41, 5.74) is 0.0725. The zero-order chi connectivity index (χ0) is 16.3. The molecule has 1 heterocycles. The van der Waals surface area contributed by atoms with E-state index in [1.807, 2.05) is 0 Å². The standard InChI is InChI=1S/C13H13N3O5S/c1-7(22-11-13(20)21-15-16(11)2)10(17)14-9-5-3-8(4-6-9)12(18)19/h3-7H,1-2H3,(H2-,14,15,17,18,19,20)/p+1. The van der Waals surface area contributed by atoms with Gasteiger partial charge in [-0.15, -0.1) is 0 Å². The first kappa shape index (κ1) is 15.8. The highest BCUT2D eigenvalue weighted by Crippen LogP contribution is 2.18. The second-order valence-electron chi connectivity index (χ2n) is 4.48. The molecule has 0 aliphatic rings. The van der Waals surface area contributed by atoms with Crippen LogP contribution in [0.4, 0.5) is 5.69 Å². The van der Waals surface area contributed by atoms with Crippen molar-refractivity contribution < 1.29 is 23.9 Å². The maximum Gasteiger partial charge on any atom is 0.441 e. The molecule has 2 aromatic rings. The first-order valence-electron chi connectivity index (χ1n) is 6.27. The molecule has 1 unspecified atom stereocenters. The number of H-pyrrole nitrogens is 1. The molecule has 116 valence electrons. The van der Waals surface area contributed by atoms with Crippen molar-refractivity contribution in [2.24, 2.45) is 7.05 Å². The molecule has 1 aromatic heterocycles. The fourth-order valence-electron chi connectivity index (χ4n) is 1.62. The molecule has 2 rings (SSSR count). The van der Waals surface area contributed by atoms with Gasteiger partial charge < -0.3 is 10.4 Å².